The maximum absolute atomic E-state index is 12.6. The number of amides is 1. The van der Waals surface area contributed by atoms with Crippen molar-refractivity contribution in [2.24, 2.45) is 5.92 Å². The Morgan fingerprint density at radius 3 is 2.03 bits per heavy atom. The van der Waals surface area contributed by atoms with Gasteiger partial charge in [-0.3, -0.25) is 4.79 Å². The Morgan fingerprint density at radius 1 is 0.886 bits per heavy atom. The molecular formula is C28H25NO6. The van der Waals surface area contributed by atoms with Crippen molar-refractivity contribution in [1.82, 2.24) is 5.32 Å². The first kappa shape index (κ1) is 23.8. The number of nitrogens with one attached hydrogen (secondary N) is 1. The van der Waals surface area contributed by atoms with Crippen molar-refractivity contribution < 1.29 is 29.0 Å². The van der Waals surface area contributed by atoms with Crippen LogP contribution in [0.1, 0.15) is 22.6 Å². The normalized spacial score (nSPS) is 13.6. The number of carboxylic acids is 1. The van der Waals surface area contributed by atoms with Crippen molar-refractivity contribution in [3.05, 3.63) is 108 Å². The summed E-state index contributed by atoms with van der Waals surface area (Å²) in [5.74, 6) is -3.69. The van der Waals surface area contributed by atoms with Crippen LogP contribution in [-0.4, -0.2) is 35.8 Å². The highest BCUT2D eigenvalue weighted by Crippen LogP contribution is 2.44. The summed E-state index contributed by atoms with van der Waals surface area (Å²) in [7, 11) is 0. The molecule has 1 unspecified atom stereocenters. The molecule has 2 atom stereocenters. The smallest absolute Gasteiger partial charge is 0.407 e. The Morgan fingerprint density at radius 2 is 1.46 bits per heavy atom. The number of benzene rings is 3. The van der Waals surface area contributed by atoms with Gasteiger partial charge in [0.15, 0.2) is 0 Å². The van der Waals surface area contributed by atoms with E-state index in [4.69, 9.17) is 9.47 Å². The second-order valence-corrected chi connectivity index (χ2v) is 8.14. The van der Waals surface area contributed by atoms with Crippen LogP contribution in [0.15, 0.2) is 91.5 Å². The minimum absolute atomic E-state index is 0.0173. The van der Waals surface area contributed by atoms with E-state index in [-0.39, 0.29) is 19.1 Å². The predicted octanol–water partition coefficient (Wildman–Crippen LogP) is 4.52. The van der Waals surface area contributed by atoms with Crippen LogP contribution in [0.4, 0.5) is 4.79 Å². The number of hydrogen-bond donors (Lipinski definition) is 2. The van der Waals surface area contributed by atoms with Crippen LogP contribution >= 0.6 is 0 Å². The van der Waals surface area contributed by atoms with Crippen molar-refractivity contribution in [1.29, 1.82) is 0 Å². The molecule has 0 saturated heterocycles. The number of aliphatic carboxylic acids is 1. The van der Waals surface area contributed by atoms with Crippen molar-refractivity contribution in [2.45, 2.75) is 18.6 Å². The maximum atomic E-state index is 12.6. The van der Waals surface area contributed by atoms with E-state index in [1.807, 2.05) is 54.6 Å². The summed E-state index contributed by atoms with van der Waals surface area (Å²) >= 11 is 0. The monoisotopic (exact) mass is 471 g/mol. The summed E-state index contributed by atoms with van der Waals surface area (Å²) in [6.07, 6.45) is 0.206. The third-order valence-electron chi connectivity index (χ3n) is 5.99. The van der Waals surface area contributed by atoms with Gasteiger partial charge < -0.3 is 19.9 Å². The van der Waals surface area contributed by atoms with E-state index in [9.17, 15) is 19.5 Å². The van der Waals surface area contributed by atoms with Gasteiger partial charge in [-0.15, -0.1) is 6.58 Å². The predicted molar refractivity (Wildman–Crippen MR) is 130 cm³/mol. The Bertz CT molecular complexity index is 1190. The average Bonchev–Trinajstić information content (AvgIpc) is 3.20. The highest BCUT2D eigenvalue weighted by atomic mass is 16.6. The van der Waals surface area contributed by atoms with Gasteiger partial charge in [-0.2, -0.15) is 0 Å². The lowest BCUT2D eigenvalue weighted by Gasteiger charge is -2.21. The molecule has 1 aliphatic rings. The molecule has 1 aliphatic carbocycles. The third kappa shape index (κ3) is 5.24. The lowest BCUT2D eigenvalue weighted by atomic mass is 9.98. The first-order valence-corrected chi connectivity index (χ1v) is 11.2. The first-order chi connectivity index (χ1) is 17.0. The maximum Gasteiger partial charge on any atom is 0.407 e. The van der Waals surface area contributed by atoms with Crippen molar-refractivity contribution in [3.63, 3.8) is 0 Å². The van der Waals surface area contributed by atoms with Crippen LogP contribution in [0.25, 0.3) is 11.1 Å². The summed E-state index contributed by atoms with van der Waals surface area (Å²) in [4.78, 5) is 37.0. The minimum atomic E-state index is -1.59. The molecule has 0 saturated carbocycles. The van der Waals surface area contributed by atoms with Crippen LogP contribution in [0.3, 0.4) is 0 Å². The topological polar surface area (TPSA) is 102 Å². The van der Waals surface area contributed by atoms with E-state index in [0.29, 0.717) is 0 Å². The molecule has 7 heteroatoms. The molecule has 0 spiro atoms. The highest BCUT2D eigenvalue weighted by Gasteiger charge is 2.35. The number of carbonyl (C=O) groups excluding carboxylic acids is 2. The number of alkyl carbamates (subject to hydrolysis) is 1. The number of rotatable bonds is 9. The van der Waals surface area contributed by atoms with Gasteiger partial charge in [0.2, 0.25) is 0 Å². The van der Waals surface area contributed by atoms with Gasteiger partial charge in [-0.1, -0.05) is 84.9 Å². The Balaban J connectivity index is 1.40. The van der Waals surface area contributed by atoms with E-state index < -0.39 is 30.0 Å². The number of fused-ring (bicyclic) bond motifs is 3. The van der Waals surface area contributed by atoms with Gasteiger partial charge in [0, 0.05) is 5.92 Å². The molecule has 0 aliphatic heterocycles. The Kier molecular flexibility index (Phi) is 7.26. The van der Waals surface area contributed by atoms with E-state index in [1.165, 1.54) is 0 Å². The lowest BCUT2D eigenvalue weighted by Crippen LogP contribution is -2.48. The van der Waals surface area contributed by atoms with Crippen LogP contribution < -0.4 is 5.32 Å². The number of esters is 1. The Labute approximate surface area is 203 Å². The van der Waals surface area contributed by atoms with Gasteiger partial charge in [0.25, 0.3) is 0 Å². The third-order valence-corrected chi connectivity index (χ3v) is 5.99. The standard InChI is InChI=1S/C28H25NO6/c1-2-19(27(32)34-16-18-10-4-3-5-11-18)25(26(30)31)29-28(33)35-17-24-22-14-8-6-12-20(22)21-13-7-9-15-23(21)24/h2-15,19,24-25H,1,16-17H2,(H,29,33)(H,30,31)/t19?,25-/m0/s1. The number of hydrogen-bond acceptors (Lipinski definition) is 5. The van der Waals surface area contributed by atoms with Gasteiger partial charge >= 0.3 is 18.0 Å². The van der Waals surface area contributed by atoms with Crippen molar-refractivity contribution in [3.8, 4) is 11.1 Å². The fourth-order valence-corrected chi connectivity index (χ4v) is 4.27. The van der Waals surface area contributed by atoms with Crippen LogP contribution in [0.5, 0.6) is 0 Å². The van der Waals surface area contributed by atoms with Gasteiger partial charge in [-0.25, -0.2) is 9.59 Å². The van der Waals surface area contributed by atoms with E-state index >= 15 is 0 Å². The van der Waals surface area contributed by atoms with Crippen molar-refractivity contribution in [2.75, 3.05) is 6.61 Å². The number of carbonyl (C=O) groups is 3. The average molecular weight is 472 g/mol. The number of carboxylic acid groups (broad SMARTS) is 1. The van der Waals surface area contributed by atoms with E-state index in [2.05, 4.69) is 11.9 Å². The Hall–Kier alpha value is -4.39. The molecule has 178 valence electrons. The van der Waals surface area contributed by atoms with Gasteiger partial charge in [0.05, 0.1) is 0 Å². The number of ether oxygens (including phenoxy) is 2. The zero-order chi connectivity index (χ0) is 24.8. The SMILES string of the molecule is C=CC(C(=O)OCc1ccccc1)[C@H](NC(=O)OCC1c2ccccc2-c2ccccc21)C(=O)O. The van der Waals surface area contributed by atoms with Crippen molar-refractivity contribution >= 4 is 18.0 Å². The van der Waals surface area contributed by atoms with Crippen LogP contribution in [0.2, 0.25) is 0 Å². The zero-order valence-corrected chi connectivity index (χ0v) is 18.9. The van der Waals surface area contributed by atoms with Crippen LogP contribution in [0, 0.1) is 5.92 Å². The molecule has 2 N–H and O–H groups in total. The molecule has 1 amide bonds. The van der Waals surface area contributed by atoms with Gasteiger partial charge in [0.1, 0.15) is 25.2 Å². The highest BCUT2D eigenvalue weighted by molar-refractivity contribution is 5.88. The van der Waals surface area contributed by atoms with E-state index in [1.54, 1.807) is 24.3 Å². The lowest BCUT2D eigenvalue weighted by molar-refractivity contribution is -0.154. The molecule has 35 heavy (non-hydrogen) atoms. The molecule has 4 rings (SSSR count). The summed E-state index contributed by atoms with van der Waals surface area (Å²) in [5, 5.41) is 12.0. The summed E-state index contributed by atoms with van der Waals surface area (Å²) in [5.41, 5.74) is 4.97. The molecule has 0 heterocycles. The fraction of sp³-hybridized carbons (Fsp3) is 0.179. The minimum Gasteiger partial charge on any atom is -0.480 e. The summed E-state index contributed by atoms with van der Waals surface area (Å²) < 4.78 is 10.7. The molecule has 0 bridgehead atoms. The molecule has 0 aromatic heterocycles. The molecule has 3 aromatic carbocycles. The summed E-state index contributed by atoms with van der Waals surface area (Å²) in [6, 6.07) is 23.2. The first-order valence-electron chi connectivity index (χ1n) is 11.2. The second-order valence-electron chi connectivity index (χ2n) is 8.14. The molecule has 7 nitrogen and oxygen atoms in total. The second kappa shape index (κ2) is 10.7. The fourth-order valence-electron chi connectivity index (χ4n) is 4.27. The van der Waals surface area contributed by atoms with Gasteiger partial charge in [-0.05, 0) is 27.8 Å². The molecular weight excluding hydrogens is 446 g/mol. The largest absolute Gasteiger partial charge is 0.480 e. The molecule has 3 aromatic rings. The quantitative estimate of drug-likeness (QED) is 0.351. The van der Waals surface area contributed by atoms with E-state index in [0.717, 1.165) is 33.9 Å². The molecule has 0 radical (unpaired) electrons. The molecule has 0 fully saturated rings. The zero-order valence-electron chi connectivity index (χ0n) is 18.9. The summed E-state index contributed by atoms with van der Waals surface area (Å²) in [6.45, 7) is 3.54. The van der Waals surface area contributed by atoms with Crippen LogP contribution in [-0.2, 0) is 25.7 Å².